The van der Waals surface area contributed by atoms with E-state index in [4.69, 9.17) is 11.6 Å². The van der Waals surface area contributed by atoms with E-state index in [0.717, 1.165) is 30.0 Å². The van der Waals surface area contributed by atoms with Crippen LogP contribution in [0.5, 0.6) is 5.75 Å². The summed E-state index contributed by atoms with van der Waals surface area (Å²) in [4.78, 5) is 13.5. The Morgan fingerprint density at radius 3 is 2.52 bits per heavy atom. The quantitative estimate of drug-likeness (QED) is 0.674. The molecule has 0 aliphatic rings. The summed E-state index contributed by atoms with van der Waals surface area (Å²) in [7, 11) is -0.816. The summed E-state index contributed by atoms with van der Waals surface area (Å²) in [5.41, 5.74) is 0.232. The van der Waals surface area contributed by atoms with Gasteiger partial charge in [-0.15, -0.1) is 0 Å². The van der Waals surface area contributed by atoms with Crippen LogP contribution >= 0.6 is 23.4 Å². The predicted octanol–water partition coefficient (Wildman–Crippen LogP) is 4.52. The maximum absolute atomic E-state index is 12.5. The summed E-state index contributed by atoms with van der Waals surface area (Å²) >= 11 is 6.74. The van der Waals surface area contributed by atoms with Gasteiger partial charge in [-0.1, -0.05) is 17.7 Å². The third-order valence-corrected chi connectivity index (χ3v) is 5.79. The number of anilines is 1. The monoisotopic (exact) mass is 436 g/mol. The third-order valence-electron chi connectivity index (χ3n) is 3.09. The van der Waals surface area contributed by atoms with Crippen molar-refractivity contribution in [2.45, 2.75) is 16.4 Å². The van der Waals surface area contributed by atoms with Crippen LogP contribution in [-0.4, -0.2) is 39.3 Å². The molecule has 0 spiro atoms. The van der Waals surface area contributed by atoms with Gasteiger partial charge in [0.1, 0.15) is 5.75 Å². The summed E-state index contributed by atoms with van der Waals surface area (Å²) in [5, 5.41) is -0.476. The highest BCUT2D eigenvalue weighted by molar-refractivity contribution is 8.13. The minimum absolute atomic E-state index is 0.212. The van der Waals surface area contributed by atoms with E-state index in [-0.39, 0.29) is 26.6 Å². The molecule has 0 bridgehead atoms. The molecule has 2 aromatic rings. The normalized spacial score (nSPS) is 11.3. The number of benzene rings is 2. The van der Waals surface area contributed by atoms with Crippen LogP contribution in [0.1, 0.15) is 0 Å². The standard InChI is InChI=1S/C16H15ClF2N2O4S2/c1-21(2)16(22)26-11-5-3-4-10(8-11)20-27(23,24)12-6-7-14(13(17)9-12)25-15(18)19/h3-9,15,20H,1-2H3. The van der Waals surface area contributed by atoms with Crippen LogP contribution in [0.4, 0.5) is 19.3 Å². The molecule has 1 amide bonds. The van der Waals surface area contributed by atoms with Gasteiger partial charge in [-0.25, -0.2) is 8.42 Å². The first-order valence-electron chi connectivity index (χ1n) is 7.35. The Kier molecular flexibility index (Phi) is 6.90. The largest absolute Gasteiger partial charge is 0.433 e. The molecule has 0 aliphatic carbocycles. The lowest BCUT2D eigenvalue weighted by atomic mass is 10.3. The highest BCUT2D eigenvalue weighted by Crippen LogP contribution is 2.30. The van der Waals surface area contributed by atoms with Gasteiger partial charge < -0.3 is 9.64 Å². The number of sulfonamides is 1. The summed E-state index contributed by atoms with van der Waals surface area (Å²) < 4.78 is 56.0. The van der Waals surface area contributed by atoms with Gasteiger partial charge in [0, 0.05) is 24.7 Å². The number of nitrogens with one attached hydrogen (secondary N) is 1. The lowest BCUT2D eigenvalue weighted by Gasteiger charge is -2.12. The van der Waals surface area contributed by atoms with Crippen LogP contribution < -0.4 is 9.46 Å². The highest BCUT2D eigenvalue weighted by Gasteiger charge is 2.18. The van der Waals surface area contributed by atoms with E-state index in [1.54, 1.807) is 26.2 Å². The molecule has 0 atom stereocenters. The average Bonchev–Trinajstić information content (AvgIpc) is 2.56. The van der Waals surface area contributed by atoms with Gasteiger partial charge >= 0.3 is 6.61 Å². The summed E-state index contributed by atoms with van der Waals surface area (Å²) in [6.07, 6.45) is 0. The van der Waals surface area contributed by atoms with Gasteiger partial charge in [0.05, 0.1) is 9.92 Å². The molecule has 1 N–H and O–H groups in total. The van der Waals surface area contributed by atoms with Crippen molar-refractivity contribution >= 4 is 44.3 Å². The molecule has 6 nitrogen and oxygen atoms in total. The zero-order valence-electron chi connectivity index (χ0n) is 14.1. The van der Waals surface area contributed by atoms with Gasteiger partial charge in [0.15, 0.2) is 0 Å². The fourth-order valence-corrected chi connectivity index (χ4v) is 3.95. The SMILES string of the molecule is CN(C)C(=O)Sc1cccc(NS(=O)(=O)c2ccc(OC(F)F)c(Cl)c2)c1. The Labute approximate surface area is 164 Å². The Morgan fingerprint density at radius 1 is 1.22 bits per heavy atom. The number of halogens is 3. The van der Waals surface area contributed by atoms with Crippen molar-refractivity contribution in [3.8, 4) is 5.75 Å². The van der Waals surface area contributed by atoms with E-state index >= 15 is 0 Å². The smallest absolute Gasteiger partial charge is 0.387 e. The number of thioether (sulfide) groups is 1. The van der Waals surface area contributed by atoms with Gasteiger partial charge in [-0.2, -0.15) is 8.78 Å². The van der Waals surface area contributed by atoms with Crippen LogP contribution in [0.2, 0.25) is 5.02 Å². The molecule has 0 unspecified atom stereocenters. The minimum atomic E-state index is -4.02. The van der Waals surface area contributed by atoms with Crippen molar-refractivity contribution in [1.82, 2.24) is 4.90 Å². The van der Waals surface area contributed by atoms with Gasteiger partial charge in [-0.05, 0) is 48.2 Å². The molecule has 2 rings (SSSR count). The van der Waals surface area contributed by atoms with E-state index in [9.17, 15) is 22.0 Å². The molecule has 0 fully saturated rings. The van der Waals surface area contributed by atoms with E-state index < -0.39 is 16.6 Å². The Hall–Kier alpha value is -2.04. The van der Waals surface area contributed by atoms with Gasteiger partial charge in [0.25, 0.3) is 15.3 Å². The first kappa shape index (κ1) is 21.3. The summed E-state index contributed by atoms with van der Waals surface area (Å²) in [6, 6.07) is 9.42. The molecule has 11 heteroatoms. The van der Waals surface area contributed by atoms with Crippen LogP contribution in [0.15, 0.2) is 52.3 Å². The minimum Gasteiger partial charge on any atom is -0.433 e. The molecule has 0 aromatic heterocycles. The van der Waals surface area contributed by atoms with Crippen molar-refractivity contribution in [1.29, 1.82) is 0 Å². The lowest BCUT2D eigenvalue weighted by Crippen LogP contribution is -2.16. The Balaban J connectivity index is 2.21. The van der Waals surface area contributed by atoms with E-state index in [0.29, 0.717) is 4.90 Å². The molecule has 2 aromatic carbocycles. The molecule has 146 valence electrons. The second-order valence-corrected chi connectivity index (χ2v) is 8.48. The second-order valence-electron chi connectivity index (χ2n) is 5.37. The van der Waals surface area contributed by atoms with Crippen LogP contribution in [0, 0.1) is 0 Å². The van der Waals surface area contributed by atoms with Crippen molar-refractivity contribution in [3.05, 3.63) is 47.5 Å². The molecule has 0 radical (unpaired) electrons. The Morgan fingerprint density at radius 2 is 1.93 bits per heavy atom. The topological polar surface area (TPSA) is 75.7 Å². The number of rotatable bonds is 6. The summed E-state index contributed by atoms with van der Waals surface area (Å²) in [5.74, 6) is -0.328. The molecule has 0 saturated heterocycles. The number of amides is 1. The number of hydrogen-bond donors (Lipinski definition) is 1. The van der Waals surface area contributed by atoms with Gasteiger partial charge in [0.2, 0.25) is 0 Å². The lowest BCUT2D eigenvalue weighted by molar-refractivity contribution is -0.0498. The fraction of sp³-hybridized carbons (Fsp3) is 0.188. The number of hydrogen-bond acceptors (Lipinski definition) is 5. The molecule has 0 heterocycles. The third kappa shape index (κ3) is 5.98. The number of ether oxygens (including phenoxy) is 1. The van der Waals surface area contributed by atoms with E-state index in [1.165, 1.54) is 17.0 Å². The van der Waals surface area contributed by atoms with Crippen molar-refractivity contribution in [2.75, 3.05) is 18.8 Å². The first-order chi connectivity index (χ1) is 12.6. The van der Waals surface area contributed by atoms with Crippen LogP contribution in [-0.2, 0) is 10.0 Å². The zero-order valence-corrected chi connectivity index (χ0v) is 16.5. The number of carbonyl (C=O) groups is 1. The molecule has 27 heavy (non-hydrogen) atoms. The highest BCUT2D eigenvalue weighted by atomic mass is 35.5. The Bertz CT molecular complexity index is 940. The molecular weight excluding hydrogens is 422 g/mol. The second kappa shape index (κ2) is 8.77. The van der Waals surface area contributed by atoms with Crippen molar-refractivity contribution in [3.63, 3.8) is 0 Å². The zero-order chi connectivity index (χ0) is 20.2. The average molecular weight is 437 g/mol. The predicted molar refractivity (Wildman–Crippen MR) is 100 cm³/mol. The first-order valence-corrected chi connectivity index (χ1v) is 10.0. The van der Waals surface area contributed by atoms with E-state index in [2.05, 4.69) is 9.46 Å². The molecular formula is C16H15ClF2N2O4S2. The van der Waals surface area contributed by atoms with Crippen molar-refractivity contribution in [2.24, 2.45) is 0 Å². The van der Waals surface area contributed by atoms with Crippen LogP contribution in [0.25, 0.3) is 0 Å². The number of nitrogens with zero attached hydrogens (tertiary/aromatic N) is 1. The van der Waals surface area contributed by atoms with Crippen molar-refractivity contribution < 1.29 is 26.7 Å². The number of alkyl halides is 2. The maximum atomic E-state index is 12.5. The molecule has 0 saturated carbocycles. The molecule has 0 aliphatic heterocycles. The maximum Gasteiger partial charge on any atom is 0.387 e. The van der Waals surface area contributed by atoms with Crippen LogP contribution in [0.3, 0.4) is 0 Å². The summed E-state index contributed by atoms with van der Waals surface area (Å²) in [6.45, 7) is -3.08. The fourth-order valence-electron chi connectivity index (χ4n) is 1.87. The van der Waals surface area contributed by atoms with E-state index in [1.807, 2.05) is 0 Å². The number of carbonyl (C=O) groups excluding carboxylic acids is 1. The van der Waals surface area contributed by atoms with Gasteiger partial charge in [-0.3, -0.25) is 9.52 Å².